The fraction of sp³-hybridized carbons (Fsp3) is 0.235. The maximum Gasteiger partial charge on any atom is 0.338 e. The summed E-state index contributed by atoms with van der Waals surface area (Å²) in [5.41, 5.74) is 3.21. The molecular weight excluding hydrogens is 722 g/mol. The van der Waals surface area contributed by atoms with Crippen molar-refractivity contribution >= 4 is 55.2 Å². The molecule has 0 N–H and O–H groups in total. The fourth-order valence-corrected chi connectivity index (χ4v) is 7.51. The van der Waals surface area contributed by atoms with E-state index in [1.807, 2.05) is 68.4 Å². The normalized spacial score (nSPS) is 14.5. The minimum Gasteiger partial charge on any atom is -0.491 e. The lowest BCUT2D eigenvalue weighted by Gasteiger charge is -2.26. The van der Waals surface area contributed by atoms with Gasteiger partial charge in [-0.25, -0.2) is 9.79 Å². The summed E-state index contributed by atoms with van der Waals surface area (Å²) in [6, 6.07) is 19.8. The summed E-state index contributed by atoms with van der Waals surface area (Å²) in [6.45, 7) is 7.74. The average molecular weight is 751 g/mol. The topological polar surface area (TPSA) is 103 Å². The van der Waals surface area contributed by atoms with Gasteiger partial charge in [0.2, 0.25) is 0 Å². The van der Waals surface area contributed by atoms with Crippen molar-refractivity contribution < 1.29 is 19.0 Å². The first-order valence-electron chi connectivity index (χ1n) is 14.2. The van der Waals surface area contributed by atoms with Crippen LogP contribution in [0.5, 0.6) is 11.5 Å². The molecule has 5 rings (SSSR count). The van der Waals surface area contributed by atoms with Crippen molar-refractivity contribution in [3.05, 3.63) is 123 Å². The number of rotatable bonds is 9. The number of fused-ring (bicyclic) bond motifs is 1. The van der Waals surface area contributed by atoms with Gasteiger partial charge in [0.1, 0.15) is 24.1 Å². The molecule has 1 aliphatic heterocycles. The quantitative estimate of drug-likeness (QED) is 0.180. The van der Waals surface area contributed by atoms with Gasteiger partial charge < -0.3 is 14.2 Å². The number of para-hydroxylation sites is 1. The van der Waals surface area contributed by atoms with Crippen LogP contribution in [0.25, 0.3) is 6.08 Å². The number of carbonyl (C=O) groups is 1. The number of esters is 1. The highest BCUT2D eigenvalue weighted by atomic mass is 79.9. The van der Waals surface area contributed by atoms with Gasteiger partial charge >= 0.3 is 5.97 Å². The first-order chi connectivity index (χ1) is 21.6. The van der Waals surface area contributed by atoms with Crippen LogP contribution in [0.1, 0.15) is 56.0 Å². The summed E-state index contributed by atoms with van der Waals surface area (Å²) in [6.07, 6.45) is 1.66. The van der Waals surface area contributed by atoms with Gasteiger partial charge in [-0.3, -0.25) is 9.36 Å². The molecule has 11 heteroatoms. The lowest BCUT2D eigenvalue weighted by molar-refractivity contribution is -0.139. The van der Waals surface area contributed by atoms with E-state index in [-0.39, 0.29) is 24.9 Å². The van der Waals surface area contributed by atoms with Gasteiger partial charge in [0, 0.05) is 11.1 Å². The number of allylic oxidation sites excluding steroid dienone is 1. The molecule has 0 saturated heterocycles. The number of aromatic nitrogens is 1. The Bertz CT molecular complexity index is 2020. The van der Waals surface area contributed by atoms with E-state index in [4.69, 9.17) is 14.2 Å². The Morgan fingerprint density at radius 2 is 1.82 bits per heavy atom. The maximum absolute atomic E-state index is 14.1. The largest absolute Gasteiger partial charge is 0.491 e. The van der Waals surface area contributed by atoms with Crippen molar-refractivity contribution in [2.75, 3.05) is 6.61 Å². The zero-order valence-electron chi connectivity index (χ0n) is 25.0. The Balaban J connectivity index is 1.58. The molecule has 230 valence electrons. The van der Waals surface area contributed by atoms with Gasteiger partial charge in [0.05, 0.1) is 49.1 Å². The second-order valence-corrected chi connectivity index (χ2v) is 13.1. The van der Waals surface area contributed by atoms with E-state index in [1.54, 1.807) is 30.6 Å². The first kappa shape index (κ1) is 32.4. The zero-order chi connectivity index (χ0) is 32.2. The van der Waals surface area contributed by atoms with Gasteiger partial charge in [0.15, 0.2) is 4.80 Å². The van der Waals surface area contributed by atoms with Gasteiger partial charge in [-0.1, -0.05) is 47.7 Å². The molecule has 0 unspecified atom stereocenters. The molecule has 0 saturated carbocycles. The number of carbonyl (C=O) groups excluding carboxylic acids is 1. The van der Waals surface area contributed by atoms with E-state index in [0.29, 0.717) is 52.2 Å². The van der Waals surface area contributed by atoms with Gasteiger partial charge in [0.25, 0.3) is 5.56 Å². The highest BCUT2D eigenvalue weighted by Gasteiger charge is 2.35. The molecule has 45 heavy (non-hydrogen) atoms. The molecule has 0 spiro atoms. The van der Waals surface area contributed by atoms with Crippen molar-refractivity contribution in [2.45, 2.75) is 46.4 Å². The number of nitrogens with zero attached hydrogens (tertiary/aromatic N) is 3. The summed E-state index contributed by atoms with van der Waals surface area (Å²) in [7, 11) is 0. The maximum atomic E-state index is 14.1. The average Bonchev–Trinajstić information content (AvgIpc) is 3.30. The molecule has 1 aromatic heterocycles. The SMILES string of the molecule is CCOC(=O)C1=C(C)N=c2s/c(=C/c3cc(Br)c(OCc4ccccc4C#N)c(Br)c3)c(=O)n2[C@@H]1c1ccccc1OC(C)C. The van der Waals surface area contributed by atoms with Crippen molar-refractivity contribution in [1.82, 2.24) is 4.57 Å². The fourth-order valence-electron chi connectivity index (χ4n) is 5.01. The second kappa shape index (κ2) is 14.0. The summed E-state index contributed by atoms with van der Waals surface area (Å²) in [4.78, 5) is 32.6. The van der Waals surface area contributed by atoms with Crippen LogP contribution in [0.2, 0.25) is 0 Å². The Hall–Kier alpha value is -3.98. The monoisotopic (exact) mass is 749 g/mol. The molecule has 8 nitrogen and oxygen atoms in total. The molecule has 0 amide bonds. The van der Waals surface area contributed by atoms with E-state index >= 15 is 0 Å². The van der Waals surface area contributed by atoms with Crippen molar-refractivity contribution in [1.29, 1.82) is 5.26 Å². The van der Waals surface area contributed by atoms with Crippen LogP contribution in [0.3, 0.4) is 0 Å². The van der Waals surface area contributed by atoms with E-state index < -0.39 is 12.0 Å². The van der Waals surface area contributed by atoms with E-state index in [0.717, 1.165) is 11.1 Å². The Morgan fingerprint density at radius 1 is 1.13 bits per heavy atom. The first-order valence-corrected chi connectivity index (χ1v) is 16.6. The van der Waals surface area contributed by atoms with E-state index in [2.05, 4.69) is 42.9 Å². The van der Waals surface area contributed by atoms with Gasteiger partial charge in [-0.15, -0.1) is 0 Å². The predicted molar refractivity (Wildman–Crippen MR) is 180 cm³/mol. The van der Waals surface area contributed by atoms with Crippen LogP contribution in [0, 0.1) is 11.3 Å². The number of nitriles is 1. The molecule has 0 bridgehead atoms. The Labute approximate surface area is 281 Å². The number of hydrogen-bond acceptors (Lipinski definition) is 8. The lowest BCUT2D eigenvalue weighted by Crippen LogP contribution is -2.40. The lowest BCUT2D eigenvalue weighted by atomic mass is 9.95. The van der Waals surface area contributed by atoms with Crippen LogP contribution in [-0.4, -0.2) is 23.2 Å². The number of hydrogen-bond donors (Lipinski definition) is 0. The minimum absolute atomic E-state index is 0.122. The number of ether oxygens (including phenoxy) is 3. The van der Waals surface area contributed by atoms with Crippen molar-refractivity contribution in [3.8, 4) is 17.6 Å². The zero-order valence-corrected chi connectivity index (χ0v) is 29.0. The Kier molecular flexibility index (Phi) is 10.1. The molecule has 0 fully saturated rings. The summed E-state index contributed by atoms with van der Waals surface area (Å²) in [5, 5.41) is 9.40. The van der Waals surface area contributed by atoms with Crippen LogP contribution in [0.15, 0.2) is 90.7 Å². The highest BCUT2D eigenvalue weighted by molar-refractivity contribution is 9.11. The molecular formula is C34H29Br2N3O5S. The van der Waals surface area contributed by atoms with E-state index in [9.17, 15) is 14.9 Å². The molecule has 4 aromatic rings. The van der Waals surface area contributed by atoms with Crippen LogP contribution >= 0.6 is 43.2 Å². The van der Waals surface area contributed by atoms with Gasteiger partial charge in [-0.2, -0.15) is 5.26 Å². The summed E-state index contributed by atoms with van der Waals surface area (Å²) >= 11 is 8.44. The second-order valence-electron chi connectivity index (χ2n) is 10.4. The Morgan fingerprint density at radius 3 is 2.51 bits per heavy atom. The number of benzene rings is 3. The summed E-state index contributed by atoms with van der Waals surface area (Å²) in [5.74, 6) is 0.612. The number of thiazole rings is 1. The third kappa shape index (κ3) is 6.83. The van der Waals surface area contributed by atoms with Crippen LogP contribution < -0.4 is 24.4 Å². The molecule has 2 heterocycles. The third-order valence-corrected chi connectivity index (χ3v) is 9.08. The molecule has 1 atom stereocenters. The molecule has 0 aliphatic carbocycles. The summed E-state index contributed by atoms with van der Waals surface area (Å²) < 4.78 is 20.9. The smallest absolute Gasteiger partial charge is 0.338 e. The van der Waals surface area contributed by atoms with Crippen molar-refractivity contribution in [2.24, 2.45) is 4.99 Å². The number of halogens is 2. The third-order valence-electron chi connectivity index (χ3n) is 6.92. The predicted octanol–water partition coefficient (Wildman–Crippen LogP) is 6.56. The van der Waals surface area contributed by atoms with Crippen LogP contribution in [-0.2, 0) is 16.1 Å². The molecule has 1 aliphatic rings. The molecule has 0 radical (unpaired) electrons. The van der Waals surface area contributed by atoms with Gasteiger partial charge in [-0.05, 0) is 95.5 Å². The standard InChI is InChI=1S/C34H29Br2N3O5S/c1-5-42-33(41)29-20(4)38-34-39(30(29)24-12-8-9-13-27(24)44-19(2)3)32(40)28(45-34)16-21-14-25(35)31(26(36)15-21)43-18-23-11-7-6-10-22(23)17-37/h6-16,19,30H,5,18H2,1-4H3/b28-16+/t30-/m1/s1. The van der Waals surface area contributed by atoms with Crippen molar-refractivity contribution in [3.63, 3.8) is 0 Å². The highest BCUT2D eigenvalue weighted by Crippen LogP contribution is 2.37. The van der Waals surface area contributed by atoms with Crippen LogP contribution in [0.4, 0.5) is 0 Å². The minimum atomic E-state index is -0.789. The van der Waals surface area contributed by atoms with E-state index in [1.165, 1.54) is 11.3 Å². The molecule has 3 aromatic carbocycles.